The molecule has 0 aromatic rings. The number of phosphoric acid groups is 1. The first-order valence-corrected chi connectivity index (χ1v) is 30.7. The number of hydrogen-bond donors (Lipinski definition) is 0. The van der Waals surface area contributed by atoms with E-state index in [4.69, 9.17) is 18.5 Å². The minimum absolute atomic E-state index is 0.0434. The van der Waals surface area contributed by atoms with Crippen LogP contribution in [0.3, 0.4) is 0 Å². The molecule has 0 spiro atoms. The maximum absolute atomic E-state index is 12.8. The molecule has 2 atom stereocenters. The molecule has 0 heterocycles. The molecule has 0 aliphatic rings. The lowest BCUT2D eigenvalue weighted by atomic mass is 10.1. The van der Waals surface area contributed by atoms with Gasteiger partial charge < -0.3 is 27.9 Å². The van der Waals surface area contributed by atoms with Gasteiger partial charge in [-0.05, 0) is 109 Å². The molecule has 74 heavy (non-hydrogen) atoms. The number of likely N-dealkylation sites (N-methyl/N-ethyl adjacent to an activating group) is 1. The van der Waals surface area contributed by atoms with E-state index in [1.54, 1.807) is 0 Å². The largest absolute Gasteiger partial charge is 0.756 e. The van der Waals surface area contributed by atoms with E-state index in [0.29, 0.717) is 23.9 Å². The van der Waals surface area contributed by atoms with Gasteiger partial charge in [0.2, 0.25) is 0 Å². The van der Waals surface area contributed by atoms with Gasteiger partial charge >= 0.3 is 11.9 Å². The maximum Gasteiger partial charge on any atom is 0.306 e. The fraction of sp³-hybridized carbons (Fsp3) is 0.656. The molecule has 2 unspecified atom stereocenters. The molecule has 0 fully saturated rings. The number of unbranched alkanes of at least 4 members (excludes halogenated alkanes) is 18. The van der Waals surface area contributed by atoms with Crippen molar-refractivity contribution in [3.05, 3.63) is 122 Å². The van der Waals surface area contributed by atoms with Gasteiger partial charge in [-0.25, -0.2) is 0 Å². The molecule has 0 aliphatic carbocycles. The van der Waals surface area contributed by atoms with Gasteiger partial charge in [-0.1, -0.05) is 219 Å². The van der Waals surface area contributed by atoms with Crippen molar-refractivity contribution in [2.24, 2.45) is 0 Å². The summed E-state index contributed by atoms with van der Waals surface area (Å²) >= 11 is 0. The van der Waals surface area contributed by atoms with E-state index >= 15 is 0 Å². The molecule has 9 nitrogen and oxygen atoms in total. The second kappa shape index (κ2) is 54.2. The van der Waals surface area contributed by atoms with Crippen molar-refractivity contribution in [3.63, 3.8) is 0 Å². The average molecular weight is 1050 g/mol. The standard InChI is InChI=1S/C64H108NO8P/c1-6-8-10-12-14-16-18-20-22-24-26-28-30-31-32-33-35-37-39-41-43-45-47-49-51-53-55-57-64(67)73-62(61-72-74(68,69)71-59-58-65(3,4)5)60-70-63(66)56-54-52-50-48-46-44-42-40-38-36-34-29-27-25-23-21-19-17-15-13-11-9-7-2/h8,10,14,16,19-22,25-28,31-32,34-37,41,43,62H,6-7,9,11-13,15,17-18,23-24,29-30,33,38-40,42,44-61H2,1-5H3/b10-8-,16-14-,21-19-,22-20-,27-25-,28-26-,32-31-,36-34-,37-35-,43-41-. The highest BCUT2D eigenvalue weighted by molar-refractivity contribution is 7.45. The molecule has 0 saturated carbocycles. The summed E-state index contributed by atoms with van der Waals surface area (Å²) in [6.07, 6.45) is 76.6. The first-order valence-electron chi connectivity index (χ1n) is 29.2. The van der Waals surface area contributed by atoms with Gasteiger partial charge in [0.1, 0.15) is 19.8 Å². The van der Waals surface area contributed by atoms with Crippen molar-refractivity contribution < 1.29 is 42.1 Å². The number of esters is 2. The monoisotopic (exact) mass is 1050 g/mol. The van der Waals surface area contributed by atoms with Crippen LogP contribution in [0, 0.1) is 0 Å². The number of quaternary nitrogens is 1. The highest BCUT2D eigenvalue weighted by Crippen LogP contribution is 2.38. The molecule has 10 heteroatoms. The van der Waals surface area contributed by atoms with Crippen LogP contribution in [0.1, 0.15) is 219 Å². The molecule has 0 aliphatic heterocycles. The van der Waals surface area contributed by atoms with Gasteiger partial charge in [-0.3, -0.25) is 14.2 Å². The predicted octanol–water partition coefficient (Wildman–Crippen LogP) is 17.7. The van der Waals surface area contributed by atoms with Gasteiger partial charge in [-0.2, -0.15) is 0 Å². The van der Waals surface area contributed by atoms with Crippen LogP contribution >= 0.6 is 7.82 Å². The SMILES string of the molecule is CC/C=C\C/C=C\C/C=C\C/C=C\C/C=C\C/C=C\C/C=C\CCCCCCCC(=O)OC(COC(=O)CCCCCCCCCC/C=C\C/C=C\C/C=C\CCCCCCC)COP(=O)([O-])OCC[N+](C)(C)C. The number of ether oxygens (including phenoxy) is 2. The van der Waals surface area contributed by atoms with Gasteiger partial charge in [0, 0.05) is 12.8 Å². The van der Waals surface area contributed by atoms with Crippen LogP contribution in [0.5, 0.6) is 0 Å². The lowest BCUT2D eigenvalue weighted by Gasteiger charge is -2.28. The van der Waals surface area contributed by atoms with E-state index in [-0.39, 0.29) is 26.1 Å². The molecule has 0 radical (unpaired) electrons. The third kappa shape index (κ3) is 57.7. The molecule has 0 amide bonds. The molecule has 422 valence electrons. The summed E-state index contributed by atoms with van der Waals surface area (Å²) < 4.78 is 34.1. The maximum atomic E-state index is 12.8. The normalized spacial score (nSPS) is 14.2. The number of rotatable bonds is 52. The Morgan fingerprint density at radius 2 is 0.770 bits per heavy atom. The lowest BCUT2D eigenvalue weighted by Crippen LogP contribution is -2.37. The van der Waals surface area contributed by atoms with E-state index in [1.807, 2.05) is 21.1 Å². The molecular formula is C64H108NO8P. The number of phosphoric ester groups is 1. The van der Waals surface area contributed by atoms with Crippen LogP contribution in [0.4, 0.5) is 0 Å². The van der Waals surface area contributed by atoms with Crippen molar-refractivity contribution in [2.75, 3.05) is 47.5 Å². The number of allylic oxidation sites excluding steroid dienone is 20. The van der Waals surface area contributed by atoms with Gasteiger partial charge in [0.25, 0.3) is 7.82 Å². The zero-order chi connectivity index (χ0) is 54.2. The van der Waals surface area contributed by atoms with Crippen molar-refractivity contribution in [1.82, 2.24) is 0 Å². The third-order valence-electron chi connectivity index (χ3n) is 12.0. The Morgan fingerprint density at radius 3 is 1.15 bits per heavy atom. The smallest absolute Gasteiger partial charge is 0.306 e. The summed E-state index contributed by atoms with van der Waals surface area (Å²) in [5, 5.41) is 0. The summed E-state index contributed by atoms with van der Waals surface area (Å²) in [5.41, 5.74) is 0. The van der Waals surface area contributed by atoms with E-state index in [0.717, 1.165) is 116 Å². The Labute approximate surface area is 454 Å². The average Bonchev–Trinajstić information content (AvgIpc) is 3.36. The van der Waals surface area contributed by atoms with Crippen LogP contribution in [0.2, 0.25) is 0 Å². The van der Waals surface area contributed by atoms with Crippen LogP contribution in [0.15, 0.2) is 122 Å². The molecule has 0 saturated heterocycles. The first-order chi connectivity index (χ1) is 36.0. The molecule has 0 rings (SSSR count). The first kappa shape index (κ1) is 70.4. The van der Waals surface area contributed by atoms with Gasteiger partial charge in [-0.15, -0.1) is 0 Å². The minimum Gasteiger partial charge on any atom is -0.756 e. The zero-order valence-electron chi connectivity index (χ0n) is 47.7. The van der Waals surface area contributed by atoms with Crippen LogP contribution in [0.25, 0.3) is 0 Å². The van der Waals surface area contributed by atoms with Crippen LogP contribution in [-0.4, -0.2) is 70.0 Å². The fourth-order valence-electron chi connectivity index (χ4n) is 7.47. The van der Waals surface area contributed by atoms with Crippen molar-refractivity contribution in [1.29, 1.82) is 0 Å². The lowest BCUT2D eigenvalue weighted by molar-refractivity contribution is -0.870. The summed E-state index contributed by atoms with van der Waals surface area (Å²) in [6, 6.07) is 0. The van der Waals surface area contributed by atoms with Crippen molar-refractivity contribution in [3.8, 4) is 0 Å². The predicted molar refractivity (Wildman–Crippen MR) is 314 cm³/mol. The van der Waals surface area contributed by atoms with Gasteiger partial charge in [0.05, 0.1) is 27.7 Å². The molecule has 0 bridgehead atoms. The Bertz CT molecular complexity index is 1660. The number of hydrogen-bond acceptors (Lipinski definition) is 8. The molecular weight excluding hydrogens is 942 g/mol. The Morgan fingerprint density at radius 1 is 0.432 bits per heavy atom. The van der Waals surface area contributed by atoms with Crippen molar-refractivity contribution >= 4 is 19.8 Å². The molecule has 0 aromatic carbocycles. The highest BCUT2D eigenvalue weighted by atomic mass is 31.2. The van der Waals surface area contributed by atoms with Crippen LogP contribution in [-0.2, 0) is 32.7 Å². The summed E-state index contributed by atoms with van der Waals surface area (Å²) in [6.45, 7) is 4.07. The summed E-state index contributed by atoms with van der Waals surface area (Å²) in [5.74, 6) is -0.872. The van der Waals surface area contributed by atoms with E-state index < -0.39 is 32.5 Å². The topological polar surface area (TPSA) is 111 Å². The third-order valence-corrected chi connectivity index (χ3v) is 12.9. The number of carbonyl (C=O) groups excluding carboxylic acids is 2. The quantitative estimate of drug-likeness (QED) is 0.0195. The second-order valence-electron chi connectivity index (χ2n) is 20.3. The Kier molecular flexibility index (Phi) is 51.6. The summed E-state index contributed by atoms with van der Waals surface area (Å²) in [7, 11) is 1.13. The van der Waals surface area contributed by atoms with Gasteiger partial charge in [0.15, 0.2) is 6.10 Å². The number of carbonyl (C=O) groups is 2. The fourth-order valence-corrected chi connectivity index (χ4v) is 8.19. The van der Waals surface area contributed by atoms with E-state index in [2.05, 4.69) is 135 Å². The van der Waals surface area contributed by atoms with Crippen LogP contribution < -0.4 is 4.89 Å². The Balaban J connectivity index is 4.28. The second-order valence-corrected chi connectivity index (χ2v) is 21.7. The molecule has 0 N–H and O–H groups in total. The highest BCUT2D eigenvalue weighted by Gasteiger charge is 2.21. The van der Waals surface area contributed by atoms with E-state index in [1.165, 1.54) is 64.2 Å². The number of nitrogens with zero attached hydrogens (tertiary/aromatic N) is 1. The zero-order valence-corrected chi connectivity index (χ0v) is 48.6. The Hall–Kier alpha value is -3.59. The van der Waals surface area contributed by atoms with E-state index in [9.17, 15) is 19.0 Å². The van der Waals surface area contributed by atoms with Crippen molar-refractivity contribution in [2.45, 2.75) is 225 Å². The minimum atomic E-state index is -4.65. The molecule has 0 aromatic heterocycles. The summed E-state index contributed by atoms with van der Waals surface area (Å²) in [4.78, 5) is 37.9.